The Hall–Kier alpha value is -2.38. The maximum Gasteiger partial charge on any atom is 0.228 e. The van der Waals surface area contributed by atoms with Crippen LogP contribution in [0.15, 0.2) is 71.2 Å². The molecule has 1 fully saturated rings. The number of piperidine rings is 1. The molecule has 0 spiro atoms. The number of halogens is 3. The first-order valence-corrected chi connectivity index (χ1v) is 12.7. The van der Waals surface area contributed by atoms with Gasteiger partial charge in [0, 0.05) is 21.7 Å². The van der Waals surface area contributed by atoms with Crippen LogP contribution >= 0.6 is 39.1 Å². The van der Waals surface area contributed by atoms with Crippen molar-refractivity contribution in [2.24, 2.45) is 5.92 Å². The van der Waals surface area contributed by atoms with Crippen molar-refractivity contribution >= 4 is 61.8 Å². The van der Waals surface area contributed by atoms with E-state index in [4.69, 9.17) is 28.2 Å². The third kappa shape index (κ3) is 5.01. The molecule has 1 aromatic heterocycles. The highest BCUT2D eigenvalue weighted by atomic mass is 79.9. The number of amides is 1. The molecule has 1 amide bonds. The fraction of sp³-hybridized carbons (Fsp3) is 0.231. The summed E-state index contributed by atoms with van der Waals surface area (Å²) in [6.45, 7) is 2.25. The average molecular weight is 558 g/mol. The van der Waals surface area contributed by atoms with E-state index >= 15 is 0 Å². The summed E-state index contributed by atoms with van der Waals surface area (Å²) in [5.74, 6) is 0.819. The summed E-state index contributed by atoms with van der Waals surface area (Å²) in [5, 5.41) is 3.96. The number of hydrogen-bond donors (Lipinski definition) is 1. The van der Waals surface area contributed by atoms with Gasteiger partial charge in [0.1, 0.15) is 5.82 Å². The number of benzene rings is 3. The smallest absolute Gasteiger partial charge is 0.228 e. The van der Waals surface area contributed by atoms with E-state index in [0.717, 1.165) is 46.4 Å². The van der Waals surface area contributed by atoms with Gasteiger partial charge in [-0.3, -0.25) is 14.3 Å². The van der Waals surface area contributed by atoms with E-state index in [-0.39, 0.29) is 11.8 Å². The molecule has 5 rings (SSSR count). The number of likely N-dealkylation sites (tertiary alicyclic amines) is 1. The third-order valence-electron chi connectivity index (χ3n) is 6.13. The van der Waals surface area contributed by atoms with Crippen LogP contribution in [0.5, 0.6) is 0 Å². The molecule has 1 N–H and O–H groups in total. The number of nitrogens with zero attached hydrogens (tertiary/aromatic N) is 3. The summed E-state index contributed by atoms with van der Waals surface area (Å²) in [7, 11) is 0. The predicted molar refractivity (Wildman–Crippen MR) is 142 cm³/mol. The van der Waals surface area contributed by atoms with Crippen LogP contribution in [0, 0.1) is 5.92 Å². The number of imidazole rings is 1. The van der Waals surface area contributed by atoms with Crippen molar-refractivity contribution in [3.8, 4) is 5.69 Å². The largest absolute Gasteiger partial charge is 0.324 e. The minimum Gasteiger partial charge on any atom is -0.324 e. The molecule has 0 saturated carbocycles. The highest BCUT2D eigenvalue weighted by molar-refractivity contribution is 9.10. The summed E-state index contributed by atoms with van der Waals surface area (Å²) in [6, 6.07) is 21.5. The zero-order chi connectivity index (χ0) is 23.7. The van der Waals surface area contributed by atoms with Gasteiger partial charge in [-0.1, -0.05) is 57.3 Å². The van der Waals surface area contributed by atoms with Gasteiger partial charge < -0.3 is 5.32 Å². The lowest BCUT2D eigenvalue weighted by Crippen LogP contribution is -2.40. The number of hydrogen-bond acceptors (Lipinski definition) is 3. The van der Waals surface area contributed by atoms with Crippen LogP contribution in [0.1, 0.15) is 18.7 Å². The van der Waals surface area contributed by atoms with Gasteiger partial charge in [0.05, 0.1) is 34.2 Å². The molecule has 174 valence electrons. The molecule has 34 heavy (non-hydrogen) atoms. The molecule has 0 radical (unpaired) electrons. The standard InChI is InChI=1S/C26H23BrCl2N4O/c27-18-6-3-7-20(13-18)33-24-9-2-1-8-23(24)30-25(33)16-32-12-4-5-17(15-32)26(34)31-22-11-10-19(28)14-21(22)29/h1-3,6-11,13-14,17H,4-5,12,15-16H2,(H,31,34)/t17-/m0/s1. The molecule has 1 aliphatic rings. The van der Waals surface area contributed by atoms with Gasteiger partial charge in [-0.2, -0.15) is 0 Å². The van der Waals surface area contributed by atoms with Crippen LogP contribution in [0.25, 0.3) is 16.7 Å². The molecule has 4 aromatic rings. The third-order valence-corrected chi connectivity index (χ3v) is 7.17. The van der Waals surface area contributed by atoms with Crippen molar-refractivity contribution in [2.45, 2.75) is 19.4 Å². The van der Waals surface area contributed by atoms with Crippen LogP contribution in [-0.4, -0.2) is 33.4 Å². The number of carbonyl (C=O) groups is 1. The number of rotatable bonds is 5. The zero-order valence-corrected chi connectivity index (χ0v) is 21.4. The number of para-hydroxylation sites is 2. The molecule has 1 saturated heterocycles. The van der Waals surface area contributed by atoms with Crippen molar-refractivity contribution in [3.05, 3.63) is 87.1 Å². The van der Waals surface area contributed by atoms with Gasteiger partial charge in [-0.25, -0.2) is 4.98 Å². The molecular weight excluding hydrogens is 535 g/mol. The number of nitrogens with one attached hydrogen (secondary N) is 1. The summed E-state index contributed by atoms with van der Waals surface area (Å²) in [5.41, 5.74) is 3.67. The summed E-state index contributed by atoms with van der Waals surface area (Å²) < 4.78 is 3.22. The monoisotopic (exact) mass is 556 g/mol. The number of fused-ring (bicyclic) bond motifs is 1. The Morgan fingerprint density at radius 3 is 2.76 bits per heavy atom. The van der Waals surface area contributed by atoms with E-state index in [1.54, 1.807) is 18.2 Å². The minimum atomic E-state index is -0.121. The number of anilines is 1. The van der Waals surface area contributed by atoms with E-state index in [0.29, 0.717) is 28.8 Å². The Morgan fingerprint density at radius 2 is 1.94 bits per heavy atom. The van der Waals surface area contributed by atoms with Crippen LogP contribution in [-0.2, 0) is 11.3 Å². The topological polar surface area (TPSA) is 50.2 Å². The Bertz CT molecular complexity index is 1360. The quantitative estimate of drug-likeness (QED) is 0.289. The van der Waals surface area contributed by atoms with Gasteiger partial charge in [0.2, 0.25) is 5.91 Å². The Morgan fingerprint density at radius 1 is 1.09 bits per heavy atom. The first kappa shape index (κ1) is 23.4. The van der Waals surface area contributed by atoms with Crippen LogP contribution < -0.4 is 5.32 Å². The Labute approximate surface area is 216 Å². The van der Waals surface area contributed by atoms with Crippen LogP contribution in [0.2, 0.25) is 10.0 Å². The lowest BCUT2D eigenvalue weighted by atomic mass is 9.97. The Kier molecular flexibility index (Phi) is 6.93. The van der Waals surface area contributed by atoms with Crippen LogP contribution in [0.3, 0.4) is 0 Å². The lowest BCUT2D eigenvalue weighted by Gasteiger charge is -2.32. The van der Waals surface area contributed by atoms with Crippen molar-refractivity contribution in [1.29, 1.82) is 0 Å². The zero-order valence-electron chi connectivity index (χ0n) is 18.3. The molecule has 3 aromatic carbocycles. The maximum absolute atomic E-state index is 13.0. The van der Waals surface area contributed by atoms with Crippen molar-refractivity contribution < 1.29 is 4.79 Å². The second-order valence-corrected chi connectivity index (χ2v) is 10.3. The SMILES string of the molecule is O=C(Nc1ccc(Cl)cc1Cl)[C@H]1CCCN(Cc2nc3ccccc3n2-c2cccc(Br)c2)C1. The molecule has 1 atom stereocenters. The molecule has 0 aliphatic carbocycles. The van der Waals surface area contributed by atoms with Gasteiger partial charge in [-0.05, 0) is 67.9 Å². The van der Waals surface area contributed by atoms with Gasteiger partial charge >= 0.3 is 0 Å². The first-order valence-electron chi connectivity index (χ1n) is 11.2. The van der Waals surface area contributed by atoms with Gasteiger partial charge in [-0.15, -0.1) is 0 Å². The summed E-state index contributed by atoms with van der Waals surface area (Å²) in [4.78, 5) is 20.3. The van der Waals surface area contributed by atoms with E-state index in [9.17, 15) is 4.79 Å². The molecule has 0 unspecified atom stereocenters. The second kappa shape index (κ2) is 10.1. The second-order valence-electron chi connectivity index (χ2n) is 8.52. The maximum atomic E-state index is 13.0. The minimum absolute atomic E-state index is 0.0191. The lowest BCUT2D eigenvalue weighted by molar-refractivity contribution is -0.121. The highest BCUT2D eigenvalue weighted by Crippen LogP contribution is 2.28. The van der Waals surface area contributed by atoms with Crippen molar-refractivity contribution in [2.75, 3.05) is 18.4 Å². The van der Waals surface area contributed by atoms with E-state index in [2.05, 4.69) is 48.9 Å². The summed E-state index contributed by atoms with van der Waals surface area (Å²) >= 11 is 15.8. The van der Waals surface area contributed by atoms with Gasteiger partial charge in [0.15, 0.2) is 0 Å². The normalized spacial score (nSPS) is 16.6. The summed E-state index contributed by atoms with van der Waals surface area (Å²) in [6.07, 6.45) is 1.79. The van der Waals surface area contributed by atoms with Crippen LogP contribution in [0.4, 0.5) is 5.69 Å². The van der Waals surface area contributed by atoms with E-state index < -0.39 is 0 Å². The molecule has 5 nitrogen and oxygen atoms in total. The molecule has 2 heterocycles. The fourth-order valence-corrected chi connectivity index (χ4v) is 5.37. The van der Waals surface area contributed by atoms with Crippen molar-refractivity contribution in [3.63, 3.8) is 0 Å². The van der Waals surface area contributed by atoms with E-state index in [1.165, 1.54) is 0 Å². The average Bonchev–Trinajstić information content (AvgIpc) is 3.18. The van der Waals surface area contributed by atoms with E-state index in [1.807, 2.05) is 30.3 Å². The molecule has 1 aliphatic heterocycles. The number of carbonyl (C=O) groups excluding carboxylic acids is 1. The predicted octanol–water partition coefficient (Wildman–Crippen LogP) is 6.95. The molecule has 0 bridgehead atoms. The Balaban J connectivity index is 1.37. The first-order chi connectivity index (χ1) is 16.5. The fourth-order valence-electron chi connectivity index (χ4n) is 4.52. The van der Waals surface area contributed by atoms with Crippen molar-refractivity contribution in [1.82, 2.24) is 14.5 Å². The molecular formula is C26H23BrCl2N4O. The van der Waals surface area contributed by atoms with Gasteiger partial charge in [0.25, 0.3) is 0 Å². The molecule has 8 heteroatoms. The number of aromatic nitrogens is 2. The highest BCUT2D eigenvalue weighted by Gasteiger charge is 2.27.